The second kappa shape index (κ2) is 13.9. The fourth-order valence-electron chi connectivity index (χ4n) is 5.17. The van der Waals surface area contributed by atoms with Gasteiger partial charge in [0.25, 0.3) is 0 Å². The van der Waals surface area contributed by atoms with E-state index in [-0.39, 0.29) is 18.3 Å². The number of phenolic OH excluding ortho intramolecular Hbond substituents is 1. The van der Waals surface area contributed by atoms with Gasteiger partial charge >= 0.3 is 0 Å². The molecule has 0 saturated carbocycles. The molecule has 0 aliphatic heterocycles. The zero-order chi connectivity index (χ0) is 30.3. The maximum Gasteiger partial charge on any atom is 0.231 e. The second-order valence-corrected chi connectivity index (χ2v) is 12.1. The van der Waals surface area contributed by atoms with Gasteiger partial charge in [-0.2, -0.15) is 0 Å². The van der Waals surface area contributed by atoms with E-state index < -0.39 is 0 Å². The van der Waals surface area contributed by atoms with Gasteiger partial charge < -0.3 is 10.2 Å². The largest absolute Gasteiger partial charge is 0.506 e. The molecule has 1 atom stereocenters. The van der Waals surface area contributed by atoms with Crippen LogP contribution in [-0.4, -0.2) is 31.1 Å². The molecule has 0 aliphatic rings. The summed E-state index contributed by atoms with van der Waals surface area (Å²) in [7, 11) is 0. The predicted molar refractivity (Wildman–Crippen MR) is 173 cm³/mol. The molecule has 1 amide bonds. The molecular weight excluding hydrogens is 556 g/mol. The van der Waals surface area contributed by atoms with Crippen LogP contribution in [-0.2, 0) is 11.4 Å². The molecule has 222 valence electrons. The zero-order valence-corrected chi connectivity index (χ0v) is 25.7. The number of fused-ring (bicyclic) bond motifs is 1. The molecule has 0 saturated heterocycles. The minimum absolute atomic E-state index is 0.0136. The number of anilines is 2. The van der Waals surface area contributed by atoms with E-state index in [1.165, 1.54) is 4.80 Å². The third kappa shape index (κ3) is 7.27. The van der Waals surface area contributed by atoms with Gasteiger partial charge in [-0.05, 0) is 85.0 Å². The van der Waals surface area contributed by atoms with Crippen molar-refractivity contribution in [3.8, 4) is 11.4 Å². The van der Waals surface area contributed by atoms with Crippen LogP contribution in [0.1, 0.15) is 57.1 Å². The van der Waals surface area contributed by atoms with Crippen LogP contribution in [0.5, 0.6) is 5.75 Å². The van der Waals surface area contributed by atoms with Crippen molar-refractivity contribution in [2.75, 3.05) is 4.90 Å². The molecule has 8 heteroatoms. The number of aromatic hydroxyl groups is 1. The number of aliphatic hydroxyl groups excluding tert-OH is 1. The Bertz CT molecular complexity index is 1700. The molecule has 5 rings (SSSR count). The molecule has 0 radical (unpaired) electrons. The van der Waals surface area contributed by atoms with Crippen LogP contribution in [0, 0.1) is 12.8 Å². The van der Waals surface area contributed by atoms with Crippen molar-refractivity contribution >= 4 is 40.1 Å². The Hall–Kier alpha value is -4.14. The quantitative estimate of drug-likeness (QED) is 0.151. The van der Waals surface area contributed by atoms with Gasteiger partial charge in [0.05, 0.1) is 12.3 Å². The summed E-state index contributed by atoms with van der Waals surface area (Å²) in [6, 6.07) is 26.7. The molecule has 0 aliphatic carbocycles. The molecule has 1 aromatic heterocycles. The number of carbonyl (C=O) groups is 1. The standard InChI is InChI=1S/C35H38N4O3S/c1-4-6-9-25(5-2)20-35(42)38(27-10-7-8-24(3)19-27)28-13-18-33(34(41)21-28)39-36-31-17-16-30(22-32(31)37-39)43-29-14-11-26(23-40)12-15-29/h7-8,10-19,21-22,25,40-41H,4-6,9,20,23H2,1-3H3. The molecule has 0 bridgehead atoms. The fourth-order valence-corrected chi connectivity index (χ4v) is 6.02. The number of hydrogen-bond acceptors (Lipinski definition) is 6. The minimum Gasteiger partial charge on any atom is -0.506 e. The monoisotopic (exact) mass is 594 g/mol. The number of aliphatic hydroxyl groups is 1. The Labute approximate surface area is 257 Å². The van der Waals surface area contributed by atoms with Crippen molar-refractivity contribution in [2.24, 2.45) is 5.92 Å². The molecule has 4 aromatic carbocycles. The number of benzene rings is 4. The molecule has 5 aromatic rings. The molecule has 1 unspecified atom stereocenters. The van der Waals surface area contributed by atoms with Gasteiger partial charge in [0, 0.05) is 28.0 Å². The summed E-state index contributed by atoms with van der Waals surface area (Å²) < 4.78 is 0. The number of aromatic nitrogens is 3. The number of hydrogen-bond donors (Lipinski definition) is 2. The van der Waals surface area contributed by atoms with Crippen LogP contribution in [0.15, 0.2) is 94.7 Å². The second-order valence-electron chi connectivity index (χ2n) is 10.9. The highest BCUT2D eigenvalue weighted by Crippen LogP contribution is 2.35. The Morgan fingerprint density at radius 1 is 0.907 bits per heavy atom. The number of aryl methyl sites for hydroxylation is 1. The highest BCUT2D eigenvalue weighted by Gasteiger charge is 2.23. The summed E-state index contributed by atoms with van der Waals surface area (Å²) in [6.07, 6.45) is 4.64. The summed E-state index contributed by atoms with van der Waals surface area (Å²) in [5.74, 6) is 0.316. The first kappa shape index (κ1) is 30.3. The van der Waals surface area contributed by atoms with Crippen molar-refractivity contribution in [1.82, 2.24) is 15.0 Å². The van der Waals surface area contributed by atoms with Crippen molar-refractivity contribution in [3.05, 3.63) is 96.1 Å². The first-order chi connectivity index (χ1) is 20.9. The third-order valence-corrected chi connectivity index (χ3v) is 8.64. The Kier molecular flexibility index (Phi) is 9.79. The van der Waals surface area contributed by atoms with Gasteiger partial charge in [-0.3, -0.25) is 9.69 Å². The summed E-state index contributed by atoms with van der Waals surface area (Å²) in [4.78, 5) is 19.0. The summed E-state index contributed by atoms with van der Waals surface area (Å²) >= 11 is 1.60. The summed E-state index contributed by atoms with van der Waals surface area (Å²) in [5.41, 5.74) is 5.15. The van der Waals surface area contributed by atoms with Crippen LogP contribution in [0.3, 0.4) is 0 Å². The van der Waals surface area contributed by atoms with Crippen LogP contribution >= 0.6 is 11.8 Å². The molecule has 7 nitrogen and oxygen atoms in total. The van der Waals surface area contributed by atoms with Crippen molar-refractivity contribution < 1.29 is 15.0 Å². The van der Waals surface area contributed by atoms with Crippen molar-refractivity contribution in [3.63, 3.8) is 0 Å². The summed E-state index contributed by atoms with van der Waals surface area (Å²) in [6.45, 7) is 6.34. The highest BCUT2D eigenvalue weighted by atomic mass is 32.2. The average Bonchev–Trinajstić information content (AvgIpc) is 3.43. The predicted octanol–water partition coefficient (Wildman–Crippen LogP) is 8.35. The number of carbonyl (C=O) groups excluding carboxylic acids is 1. The number of unbranched alkanes of at least 4 members (excludes halogenated alkanes) is 1. The van der Waals surface area contributed by atoms with Gasteiger partial charge in [0.2, 0.25) is 5.91 Å². The lowest BCUT2D eigenvalue weighted by Gasteiger charge is -2.26. The molecule has 0 spiro atoms. The van der Waals surface area contributed by atoms with E-state index in [0.29, 0.717) is 34.7 Å². The maximum atomic E-state index is 13.8. The van der Waals surface area contributed by atoms with Gasteiger partial charge in [-0.1, -0.05) is 69.1 Å². The highest BCUT2D eigenvalue weighted by molar-refractivity contribution is 7.99. The lowest BCUT2D eigenvalue weighted by Crippen LogP contribution is -2.28. The topological polar surface area (TPSA) is 91.5 Å². The van der Waals surface area contributed by atoms with E-state index in [1.54, 1.807) is 28.8 Å². The SMILES string of the molecule is CCCCC(CC)CC(=O)N(c1cccc(C)c1)c1ccc(-n2nc3ccc(Sc4ccc(CO)cc4)cc3n2)c(O)c1. The van der Waals surface area contributed by atoms with E-state index in [4.69, 9.17) is 0 Å². The van der Waals surface area contributed by atoms with Crippen molar-refractivity contribution in [1.29, 1.82) is 0 Å². The van der Waals surface area contributed by atoms with Gasteiger partial charge in [-0.15, -0.1) is 15.0 Å². The van der Waals surface area contributed by atoms with E-state index in [1.807, 2.05) is 79.7 Å². The fraction of sp³-hybridized carbons (Fsp3) is 0.286. The number of nitrogens with zero attached hydrogens (tertiary/aromatic N) is 4. The van der Waals surface area contributed by atoms with Crippen LogP contribution in [0.2, 0.25) is 0 Å². The van der Waals surface area contributed by atoms with Gasteiger partial charge in [0.1, 0.15) is 22.5 Å². The Morgan fingerprint density at radius 3 is 2.35 bits per heavy atom. The van der Waals surface area contributed by atoms with Gasteiger partial charge in [-0.25, -0.2) is 0 Å². The van der Waals surface area contributed by atoms with E-state index >= 15 is 0 Å². The van der Waals surface area contributed by atoms with E-state index in [9.17, 15) is 15.0 Å². The van der Waals surface area contributed by atoms with Gasteiger partial charge in [0.15, 0.2) is 0 Å². The average molecular weight is 595 g/mol. The lowest BCUT2D eigenvalue weighted by molar-refractivity contribution is -0.118. The maximum absolute atomic E-state index is 13.8. The van der Waals surface area contributed by atoms with E-state index in [0.717, 1.165) is 52.3 Å². The van der Waals surface area contributed by atoms with E-state index in [2.05, 4.69) is 24.0 Å². The zero-order valence-electron chi connectivity index (χ0n) is 24.9. The molecule has 2 N–H and O–H groups in total. The Morgan fingerprint density at radius 2 is 1.65 bits per heavy atom. The number of amides is 1. The molecular formula is C35H38N4O3S. The first-order valence-corrected chi connectivity index (χ1v) is 15.7. The number of rotatable bonds is 12. The lowest BCUT2D eigenvalue weighted by atomic mass is 9.95. The Balaban J connectivity index is 1.42. The van der Waals surface area contributed by atoms with Crippen LogP contribution in [0.4, 0.5) is 11.4 Å². The minimum atomic E-state index is -0.0140. The smallest absolute Gasteiger partial charge is 0.231 e. The molecule has 0 fully saturated rings. The first-order valence-electron chi connectivity index (χ1n) is 14.9. The third-order valence-electron chi connectivity index (χ3n) is 7.64. The van der Waals surface area contributed by atoms with Crippen molar-refractivity contribution in [2.45, 2.75) is 69.3 Å². The molecule has 1 heterocycles. The number of phenols is 1. The van der Waals surface area contributed by atoms with Crippen LogP contribution in [0.25, 0.3) is 16.7 Å². The normalized spacial score (nSPS) is 12.0. The molecule has 43 heavy (non-hydrogen) atoms. The van der Waals surface area contributed by atoms with Crippen LogP contribution < -0.4 is 4.90 Å². The summed E-state index contributed by atoms with van der Waals surface area (Å²) in [5, 5.41) is 29.7.